The zero-order valence-electron chi connectivity index (χ0n) is 9.43. The number of hydrogen-bond acceptors (Lipinski definition) is 3. The second kappa shape index (κ2) is 4.96. The Balaban J connectivity index is 5.05. The summed E-state index contributed by atoms with van der Waals surface area (Å²) in [6.45, 7) is 3.89. The molecule has 6 heteroatoms. The standard InChI is InChI=1S/C10H16O6/c1-5(7(11)12)4-10(3,9(15)16)6(2)8(13)14/h5-6H,4H2,1-3H3,(H,11,12)(H,13,14)(H,15,16). The lowest BCUT2D eigenvalue weighted by molar-refractivity contribution is -0.163. The fraction of sp³-hybridized carbons (Fsp3) is 0.700. The van der Waals surface area contributed by atoms with Gasteiger partial charge in [0.1, 0.15) is 0 Å². The Bertz CT molecular complexity index is 310. The first-order valence-corrected chi connectivity index (χ1v) is 4.82. The molecule has 0 radical (unpaired) electrons. The number of carboxylic acids is 3. The zero-order chi connectivity index (χ0) is 13.1. The summed E-state index contributed by atoms with van der Waals surface area (Å²) in [6.07, 6.45) is -0.217. The van der Waals surface area contributed by atoms with E-state index in [1.807, 2.05) is 0 Å². The average Bonchev–Trinajstić information content (AvgIpc) is 2.15. The molecule has 0 saturated heterocycles. The van der Waals surface area contributed by atoms with E-state index in [2.05, 4.69) is 0 Å². The lowest BCUT2D eigenvalue weighted by Crippen LogP contribution is -2.41. The largest absolute Gasteiger partial charge is 0.481 e. The third kappa shape index (κ3) is 2.95. The summed E-state index contributed by atoms with van der Waals surface area (Å²) >= 11 is 0. The van der Waals surface area contributed by atoms with E-state index in [4.69, 9.17) is 15.3 Å². The molecule has 0 amide bonds. The van der Waals surface area contributed by atoms with Crippen LogP contribution >= 0.6 is 0 Å². The molecule has 3 unspecified atom stereocenters. The normalized spacial score (nSPS) is 18.2. The molecule has 0 aromatic rings. The van der Waals surface area contributed by atoms with Crippen LogP contribution in [0.5, 0.6) is 0 Å². The van der Waals surface area contributed by atoms with Gasteiger partial charge in [0.15, 0.2) is 0 Å². The Morgan fingerprint density at radius 1 is 1.06 bits per heavy atom. The molecule has 6 nitrogen and oxygen atoms in total. The summed E-state index contributed by atoms with van der Waals surface area (Å²) < 4.78 is 0. The van der Waals surface area contributed by atoms with Crippen molar-refractivity contribution >= 4 is 17.9 Å². The van der Waals surface area contributed by atoms with E-state index < -0.39 is 35.2 Å². The number of rotatable bonds is 6. The second-order valence-corrected chi connectivity index (χ2v) is 4.23. The van der Waals surface area contributed by atoms with Crippen molar-refractivity contribution in [3.05, 3.63) is 0 Å². The first-order chi connectivity index (χ1) is 7.12. The predicted molar refractivity (Wildman–Crippen MR) is 54.0 cm³/mol. The van der Waals surface area contributed by atoms with Crippen molar-refractivity contribution in [1.82, 2.24) is 0 Å². The highest BCUT2D eigenvalue weighted by atomic mass is 16.4. The molecular weight excluding hydrogens is 216 g/mol. The molecular formula is C10H16O6. The molecule has 0 heterocycles. The van der Waals surface area contributed by atoms with Gasteiger partial charge in [-0.05, 0) is 13.3 Å². The Hall–Kier alpha value is -1.59. The summed E-state index contributed by atoms with van der Waals surface area (Å²) in [6, 6.07) is 0. The molecule has 3 N–H and O–H groups in total. The van der Waals surface area contributed by atoms with Crippen LogP contribution in [0.2, 0.25) is 0 Å². The quantitative estimate of drug-likeness (QED) is 0.627. The van der Waals surface area contributed by atoms with Crippen molar-refractivity contribution in [1.29, 1.82) is 0 Å². The van der Waals surface area contributed by atoms with Crippen LogP contribution in [0.25, 0.3) is 0 Å². The highest BCUT2D eigenvalue weighted by Gasteiger charge is 2.44. The molecule has 3 atom stereocenters. The Morgan fingerprint density at radius 3 is 1.75 bits per heavy atom. The lowest BCUT2D eigenvalue weighted by atomic mass is 9.72. The Kier molecular flexibility index (Phi) is 4.47. The summed E-state index contributed by atoms with van der Waals surface area (Å²) in [4.78, 5) is 32.5. The maximum absolute atomic E-state index is 11.1. The minimum Gasteiger partial charge on any atom is -0.481 e. The minimum atomic E-state index is -1.58. The van der Waals surface area contributed by atoms with Gasteiger partial charge >= 0.3 is 17.9 Å². The summed E-state index contributed by atoms with van der Waals surface area (Å²) in [5.41, 5.74) is -1.58. The van der Waals surface area contributed by atoms with Crippen LogP contribution in [0.3, 0.4) is 0 Å². The maximum Gasteiger partial charge on any atom is 0.310 e. The molecule has 16 heavy (non-hydrogen) atoms. The van der Waals surface area contributed by atoms with Gasteiger partial charge in [0.25, 0.3) is 0 Å². The van der Waals surface area contributed by atoms with Crippen molar-refractivity contribution in [3.8, 4) is 0 Å². The van der Waals surface area contributed by atoms with Gasteiger partial charge in [-0.1, -0.05) is 13.8 Å². The van der Waals surface area contributed by atoms with Crippen molar-refractivity contribution in [2.75, 3.05) is 0 Å². The van der Waals surface area contributed by atoms with Gasteiger partial charge < -0.3 is 15.3 Å². The monoisotopic (exact) mass is 232 g/mol. The van der Waals surface area contributed by atoms with Crippen molar-refractivity contribution in [3.63, 3.8) is 0 Å². The van der Waals surface area contributed by atoms with Crippen molar-refractivity contribution in [2.45, 2.75) is 27.2 Å². The number of carbonyl (C=O) groups is 3. The number of carboxylic acid groups (broad SMARTS) is 3. The van der Waals surface area contributed by atoms with Crippen LogP contribution in [0.15, 0.2) is 0 Å². The number of aliphatic carboxylic acids is 3. The van der Waals surface area contributed by atoms with E-state index in [1.165, 1.54) is 20.8 Å². The molecule has 0 aliphatic rings. The molecule has 0 saturated carbocycles. The lowest BCUT2D eigenvalue weighted by Gasteiger charge is -2.30. The SMILES string of the molecule is CC(CC(C)(C(=O)O)C(C)C(=O)O)C(=O)O. The highest BCUT2D eigenvalue weighted by molar-refractivity contribution is 5.83. The molecule has 0 rings (SSSR count). The van der Waals surface area contributed by atoms with Crippen LogP contribution < -0.4 is 0 Å². The second-order valence-electron chi connectivity index (χ2n) is 4.23. The van der Waals surface area contributed by atoms with Crippen molar-refractivity contribution in [2.24, 2.45) is 17.3 Å². The van der Waals surface area contributed by atoms with Crippen LogP contribution in [0.1, 0.15) is 27.2 Å². The molecule has 0 aromatic carbocycles. The number of hydrogen-bond donors (Lipinski definition) is 3. The van der Waals surface area contributed by atoms with Crippen molar-refractivity contribution < 1.29 is 29.7 Å². The van der Waals surface area contributed by atoms with E-state index in [1.54, 1.807) is 0 Å². The average molecular weight is 232 g/mol. The molecule has 0 aromatic heterocycles. The van der Waals surface area contributed by atoms with Gasteiger partial charge in [-0.15, -0.1) is 0 Å². The first kappa shape index (κ1) is 14.4. The molecule has 0 spiro atoms. The first-order valence-electron chi connectivity index (χ1n) is 4.82. The third-order valence-corrected chi connectivity index (χ3v) is 2.97. The van der Waals surface area contributed by atoms with Crippen LogP contribution in [-0.2, 0) is 14.4 Å². The predicted octanol–water partition coefficient (Wildman–Crippen LogP) is 0.909. The van der Waals surface area contributed by atoms with Gasteiger partial charge in [0, 0.05) is 0 Å². The van der Waals surface area contributed by atoms with Gasteiger partial charge in [0.05, 0.1) is 17.3 Å². The topological polar surface area (TPSA) is 112 Å². The maximum atomic E-state index is 11.1. The van der Waals surface area contributed by atoms with E-state index in [9.17, 15) is 14.4 Å². The van der Waals surface area contributed by atoms with Gasteiger partial charge in [-0.2, -0.15) is 0 Å². The Labute approximate surface area is 92.9 Å². The minimum absolute atomic E-state index is 0.217. The van der Waals surface area contributed by atoms with E-state index in [0.717, 1.165) is 0 Å². The molecule has 0 aliphatic carbocycles. The van der Waals surface area contributed by atoms with Crippen LogP contribution in [0.4, 0.5) is 0 Å². The van der Waals surface area contributed by atoms with E-state index in [-0.39, 0.29) is 6.42 Å². The van der Waals surface area contributed by atoms with Gasteiger partial charge in [-0.25, -0.2) is 0 Å². The van der Waals surface area contributed by atoms with E-state index >= 15 is 0 Å². The molecule has 0 bridgehead atoms. The third-order valence-electron chi connectivity index (χ3n) is 2.97. The summed E-state index contributed by atoms with van der Waals surface area (Å²) in [7, 11) is 0. The fourth-order valence-electron chi connectivity index (χ4n) is 1.45. The van der Waals surface area contributed by atoms with Gasteiger partial charge in [0.2, 0.25) is 0 Å². The van der Waals surface area contributed by atoms with Crippen LogP contribution in [-0.4, -0.2) is 33.2 Å². The smallest absolute Gasteiger partial charge is 0.310 e. The molecule has 0 aliphatic heterocycles. The fourth-order valence-corrected chi connectivity index (χ4v) is 1.45. The Morgan fingerprint density at radius 2 is 1.50 bits per heavy atom. The summed E-state index contributed by atoms with van der Waals surface area (Å²) in [5.74, 6) is -5.72. The highest BCUT2D eigenvalue weighted by Crippen LogP contribution is 2.35. The van der Waals surface area contributed by atoms with Crippen LogP contribution in [0, 0.1) is 17.3 Å². The summed E-state index contributed by atoms with van der Waals surface area (Å²) in [5, 5.41) is 26.5. The van der Waals surface area contributed by atoms with E-state index in [0.29, 0.717) is 0 Å². The van der Waals surface area contributed by atoms with Gasteiger partial charge in [-0.3, -0.25) is 14.4 Å². The molecule has 92 valence electrons. The molecule has 0 fully saturated rings. The zero-order valence-corrected chi connectivity index (χ0v) is 9.43.